The largest absolute Gasteiger partial charge is 0.422 e. The summed E-state index contributed by atoms with van der Waals surface area (Å²) in [7, 11) is 1.70. The number of amides is 1. The van der Waals surface area contributed by atoms with E-state index >= 15 is 0 Å². The topological polar surface area (TPSA) is 84.4 Å². The molecule has 0 bridgehead atoms. The number of hydrogen-bond donors (Lipinski definition) is 1. The first kappa shape index (κ1) is 19.9. The number of hydrogen-bond acceptors (Lipinski definition) is 5. The smallest absolute Gasteiger partial charge is 0.375 e. The lowest BCUT2D eigenvalue weighted by Crippen LogP contribution is -2.42. The molecule has 0 aromatic carbocycles. The van der Waals surface area contributed by atoms with E-state index in [1.807, 2.05) is 0 Å². The number of fused-ring (bicyclic) bond motifs is 1. The fourth-order valence-electron chi connectivity index (χ4n) is 3.82. The van der Waals surface area contributed by atoms with Gasteiger partial charge in [-0.25, -0.2) is 0 Å². The van der Waals surface area contributed by atoms with E-state index in [-0.39, 0.29) is 35.7 Å². The van der Waals surface area contributed by atoms with Gasteiger partial charge in [0.1, 0.15) is 11.4 Å². The Morgan fingerprint density at radius 1 is 1.38 bits per heavy atom. The number of carbonyl (C=O) groups is 1. The molecule has 1 amide bonds. The first-order chi connectivity index (χ1) is 13.3. The van der Waals surface area contributed by atoms with Crippen LogP contribution in [0.4, 0.5) is 13.2 Å². The quantitative estimate of drug-likeness (QED) is 0.838. The van der Waals surface area contributed by atoms with E-state index in [4.69, 9.17) is 4.52 Å². The van der Waals surface area contributed by atoms with Gasteiger partial charge in [-0.3, -0.25) is 9.48 Å². The van der Waals surface area contributed by atoms with Crippen LogP contribution < -0.4 is 0 Å². The highest BCUT2D eigenvalue weighted by Gasteiger charge is 2.55. The third-order valence-electron chi connectivity index (χ3n) is 6.14. The molecule has 1 aliphatic heterocycles. The highest BCUT2D eigenvalue weighted by molar-refractivity contribution is 5.93. The maximum Gasteiger partial charge on any atom is 0.422 e. The SMILES string of the molecule is C[C@H]1CN(C(=O)c2cc(C3(C)CC3)nn2C)Cc2onc(C(C)(O)C(F)(F)F)c21. The van der Waals surface area contributed by atoms with Crippen molar-refractivity contribution in [2.75, 3.05) is 6.54 Å². The lowest BCUT2D eigenvalue weighted by molar-refractivity contribution is -0.261. The van der Waals surface area contributed by atoms with Gasteiger partial charge in [-0.1, -0.05) is 19.0 Å². The van der Waals surface area contributed by atoms with Gasteiger partial charge in [-0.05, 0) is 25.8 Å². The van der Waals surface area contributed by atoms with Crippen molar-refractivity contribution in [3.63, 3.8) is 0 Å². The summed E-state index contributed by atoms with van der Waals surface area (Å²) >= 11 is 0. The Bertz CT molecular complexity index is 972. The van der Waals surface area contributed by atoms with Gasteiger partial charge < -0.3 is 14.5 Å². The fraction of sp³-hybridized carbons (Fsp3) is 0.632. The second kappa shape index (κ2) is 6.07. The number of carbonyl (C=O) groups excluding carboxylic acids is 1. The van der Waals surface area contributed by atoms with Crippen LogP contribution in [0.15, 0.2) is 10.6 Å². The summed E-state index contributed by atoms with van der Waals surface area (Å²) in [5.41, 5.74) is -2.14. The summed E-state index contributed by atoms with van der Waals surface area (Å²) in [5, 5.41) is 18.0. The van der Waals surface area contributed by atoms with Crippen molar-refractivity contribution in [3.05, 3.63) is 34.5 Å². The first-order valence-corrected chi connectivity index (χ1v) is 9.47. The van der Waals surface area contributed by atoms with Crippen molar-refractivity contribution in [1.29, 1.82) is 0 Å². The monoisotopic (exact) mass is 412 g/mol. The number of rotatable bonds is 3. The molecule has 1 unspecified atom stereocenters. The number of aliphatic hydroxyl groups is 1. The van der Waals surface area contributed by atoms with Crippen molar-refractivity contribution in [2.24, 2.45) is 7.05 Å². The lowest BCUT2D eigenvalue weighted by atomic mass is 9.87. The highest BCUT2D eigenvalue weighted by atomic mass is 19.4. The normalized spacial score (nSPS) is 22.9. The van der Waals surface area contributed by atoms with Crippen molar-refractivity contribution in [2.45, 2.75) is 63.3 Å². The molecular formula is C19H23F3N4O3. The minimum absolute atomic E-state index is 0.0155. The van der Waals surface area contributed by atoms with Gasteiger partial charge in [0, 0.05) is 30.5 Å². The highest BCUT2D eigenvalue weighted by Crippen LogP contribution is 2.47. The number of nitrogens with zero attached hydrogens (tertiary/aromatic N) is 4. The molecule has 2 atom stereocenters. The van der Waals surface area contributed by atoms with Crippen molar-refractivity contribution < 1.29 is 27.6 Å². The van der Waals surface area contributed by atoms with Crippen LogP contribution in [0.5, 0.6) is 0 Å². The van der Waals surface area contributed by atoms with Gasteiger partial charge in [0.05, 0.1) is 12.2 Å². The Kier molecular flexibility index (Phi) is 4.17. The Hall–Kier alpha value is -2.36. The van der Waals surface area contributed by atoms with Crippen molar-refractivity contribution in [3.8, 4) is 0 Å². The average Bonchev–Trinajstić information content (AvgIpc) is 3.04. The Balaban J connectivity index is 1.62. The lowest BCUT2D eigenvalue weighted by Gasteiger charge is -2.32. The molecule has 4 rings (SSSR count). The van der Waals surface area contributed by atoms with Crippen LogP contribution in [0.3, 0.4) is 0 Å². The molecule has 0 spiro atoms. The summed E-state index contributed by atoms with van der Waals surface area (Å²) in [5.74, 6) is -0.590. The molecule has 2 aromatic rings. The Labute approximate surface area is 165 Å². The summed E-state index contributed by atoms with van der Waals surface area (Å²) in [4.78, 5) is 14.6. The van der Waals surface area contributed by atoms with Crippen LogP contribution in [-0.4, -0.2) is 43.6 Å². The number of aryl methyl sites for hydroxylation is 1. The number of halogens is 3. The molecule has 1 fully saturated rings. The van der Waals surface area contributed by atoms with Crippen LogP contribution in [0, 0.1) is 0 Å². The second-order valence-corrected chi connectivity index (χ2v) is 8.62. The Morgan fingerprint density at radius 2 is 2.03 bits per heavy atom. The van der Waals surface area contributed by atoms with Gasteiger partial charge in [-0.15, -0.1) is 0 Å². The second-order valence-electron chi connectivity index (χ2n) is 8.62. The molecule has 0 saturated heterocycles. The van der Waals surface area contributed by atoms with Crippen molar-refractivity contribution in [1.82, 2.24) is 19.8 Å². The van der Waals surface area contributed by atoms with Gasteiger partial charge in [0.15, 0.2) is 5.76 Å². The van der Waals surface area contributed by atoms with Crippen LogP contribution in [0.25, 0.3) is 0 Å². The van der Waals surface area contributed by atoms with Crippen molar-refractivity contribution >= 4 is 5.91 Å². The minimum Gasteiger partial charge on any atom is -0.375 e. The third-order valence-corrected chi connectivity index (χ3v) is 6.14. The van der Waals surface area contributed by atoms with Gasteiger partial charge in [0.2, 0.25) is 5.60 Å². The first-order valence-electron chi connectivity index (χ1n) is 9.47. The van der Waals surface area contributed by atoms with Gasteiger partial charge >= 0.3 is 6.18 Å². The molecule has 1 aliphatic carbocycles. The summed E-state index contributed by atoms with van der Waals surface area (Å²) in [6.07, 6.45) is -2.84. The molecule has 29 heavy (non-hydrogen) atoms. The average molecular weight is 412 g/mol. The Morgan fingerprint density at radius 3 is 2.62 bits per heavy atom. The molecule has 10 heteroatoms. The van der Waals surface area contributed by atoms with E-state index in [1.54, 1.807) is 24.7 Å². The molecule has 2 aliphatic rings. The van der Waals surface area contributed by atoms with Crippen LogP contribution in [-0.2, 0) is 24.6 Å². The maximum atomic E-state index is 13.3. The van der Waals surface area contributed by atoms with Crippen LogP contribution in [0.2, 0.25) is 0 Å². The van der Waals surface area contributed by atoms with Gasteiger partial charge in [0.25, 0.3) is 5.91 Å². The molecular weight excluding hydrogens is 389 g/mol. The van der Waals surface area contributed by atoms with Crippen LogP contribution in [0.1, 0.15) is 72.7 Å². The molecule has 0 radical (unpaired) electrons. The van der Waals surface area contributed by atoms with E-state index in [1.165, 1.54) is 4.90 Å². The maximum absolute atomic E-state index is 13.3. The standard InChI is InChI=1S/C19H23F3N4O3/c1-10-8-26(16(27)11-7-13(23-25(11)4)17(2)5-6-17)9-12-14(10)15(24-29-12)18(3,28)19(20,21)22/h7,10,28H,5-6,8-9H2,1-4H3/t10-,18?/m0/s1. The van der Waals surface area contributed by atoms with E-state index in [9.17, 15) is 23.1 Å². The van der Waals surface area contributed by atoms with E-state index in [2.05, 4.69) is 17.2 Å². The minimum atomic E-state index is -4.89. The summed E-state index contributed by atoms with van der Waals surface area (Å²) in [6.45, 7) is 4.61. The summed E-state index contributed by atoms with van der Waals surface area (Å²) in [6, 6.07) is 1.79. The van der Waals surface area contributed by atoms with E-state index in [0.29, 0.717) is 12.6 Å². The zero-order chi connectivity index (χ0) is 21.4. The van der Waals surface area contributed by atoms with E-state index in [0.717, 1.165) is 18.5 Å². The van der Waals surface area contributed by atoms with E-state index < -0.39 is 23.4 Å². The molecule has 2 aromatic heterocycles. The number of aromatic nitrogens is 3. The summed E-state index contributed by atoms with van der Waals surface area (Å²) < 4.78 is 46.5. The van der Waals surface area contributed by atoms with Gasteiger partial charge in [-0.2, -0.15) is 18.3 Å². The molecule has 7 nitrogen and oxygen atoms in total. The molecule has 158 valence electrons. The predicted molar refractivity (Wildman–Crippen MR) is 95.1 cm³/mol. The zero-order valence-electron chi connectivity index (χ0n) is 16.7. The zero-order valence-corrected chi connectivity index (χ0v) is 16.7. The van der Waals surface area contributed by atoms with Crippen LogP contribution >= 0.6 is 0 Å². The molecule has 3 heterocycles. The third kappa shape index (κ3) is 3.04. The fourth-order valence-corrected chi connectivity index (χ4v) is 3.82. The molecule has 1 N–H and O–H groups in total. The predicted octanol–water partition coefficient (Wildman–Crippen LogP) is 2.99. The number of alkyl halides is 3. The molecule has 1 saturated carbocycles.